The Hall–Kier alpha value is -0.280. The quantitative estimate of drug-likeness (QED) is 0.118. The van der Waals surface area contributed by atoms with Gasteiger partial charge in [0.2, 0.25) is 6.41 Å². The molecular weight excluding hydrogens is 154 g/mol. The Morgan fingerprint density at radius 2 is 2.18 bits per heavy atom. The monoisotopic (exact) mass is 167 g/mol. The number of nitrogens with two attached hydrogens (primary N) is 1. The summed E-state index contributed by atoms with van der Waals surface area (Å²) < 4.78 is 0. The molecule has 7 heteroatoms. The van der Waals surface area contributed by atoms with Crippen LogP contribution in [0.5, 0.6) is 0 Å². The number of hydrazine groups is 2. The fraction of sp³-hybridized carbons (Fsp3) is 1.00. The second kappa shape index (κ2) is 6.43. The number of rotatable bonds is 6. The molecule has 0 atom stereocenters. The Balaban J connectivity index is 3.10. The van der Waals surface area contributed by atoms with Crippen LogP contribution in [0.15, 0.2) is 0 Å². The van der Waals surface area contributed by atoms with Crippen molar-refractivity contribution in [3.8, 4) is 0 Å². The lowest BCUT2D eigenvalue weighted by molar-refractivity contribution is -0.309. The Kier molecular flexibility index (Phi) is 6.27. The second-order valence-corrected chi connectivity index (χ2v) is 1.58. The minimum absolute atomic E-state index is 0.0536. The van der Waals surface area contributed by atoms with E-state index in [2.05, 4.69) is 15.2 Å². The standard InChI is InChI=1S/C4H13N3O4/c1-2-10-11-3-6-7(5)4(8)9/h4,6,8-9H,2-3,5H2,1H3. The third-order valence-electron chi connectivity index (χ3n) is 0.756. The zero-order valence-electron chi connectivity index (χ0n) is 6.23. The molecule has 0 aromatic rings. The van der Waals surface area contributed by atoms with Gasteiger partial charge in [0, 0.05) is 0 Å². The minimum atomic E-state index is -1.76. The lowest BCUT2D eigenvalue weighted by Crippen LogP contribution is -2.51. The maximum atomic E-state index is 8.38. The van der Waals surface area contributed by atoms with E-state index in [0.29, 0.717) is 11.7 Å². The molecule has 0 aliphatic rings. The van der Waals surface area contributed by atoms with Gasteiger partial charge in [0.15, 0.2) is 0 Å². The normalized spacial score (nSPS) is 11.5. The molecule has 0 amide bonds. The zero-order chi connectivity index (χ0) is 8.69. The highest BCUT2D eigenvalue weighted by Crippen LogP contribution is 1.78. The van der Waals surface area contributed by atoms with Gasteiger partial charge in [-0.1, -0.05) is 0 Å². The van der Waals surface area contributed by atoms with E-state index in [0.717, 1.165) is 0 Å². The van der Waals surface area contributed by atoms with Gasteiger partial charge in [0.25, 0.3) is 0 Å². The van der Waals surface area contributed by atoms with Crippen molar-refractivity contribution in [2.45, 2.75) is 13.3 Å². The molecule has 0 aromatic heterocycles. The van der Waals surface area contributed by atoms with Gasteiger partial charge in [-0.05, 0) is 6.92 Å². The fourth-order valence-corrected chi connectivity index (χ4v) is 0.308. The van der Waals surface area contributed by atoms with Crippen LogP contribution in [0.1, 0.15) is 6.92 Å². The van der Waals surface area contributed by atoms with Crippen LogP contribution in [0.25, 0.3) is 0 Å². The van der Waals surface area contributed by atoms with Crippen LogP contribution in [0.3, 0.4) is 0 Å². The van der Waals surface area contributed by atoms with Crippen LogP contribution in [0, 0.1) is 0 Å². The second-order valence-electron chi connectivity index (χ2n) is 1.58. The molecule has 0 aliphatic carbocycles. The molecule has 0 saturated heterocycles. The third-order valence-corrected chi connectivity index (χ3v) is 0.756. The van der Waals surface area contributed by atoms with E-state index in [1.54, 1.807) is 6.92 Å². The van der Waals surface area contributed by atoms with E-state index in [1.807, 2.05) is 0 Å². The van der Waals surface area contributed by atoms with Gasteiger partial charge in [-0.3, -0.25) is 5.84 Å². The van der Waals surface area contributed by atoms with Gasteiger partial charge in [-0.25, -0.2) is 15.2 Å². The first-order valence-corrected chi connectivity index (χ1v) is 3.06. The molecule has 11 heavy (non-hydrogen) atoms. The van der Waals surface area contributed by atoms with Crippen LogP contribution < -0.4 is 11.3 Å². The predicted octanol–water partition coefficient (Wildman–Crippen LogP) is -2.14. The Bertz CT molecular complexity index is 91.4. The van der Waals surface area contributed by atoms with Gasteiger partial charge in [0.05, 0.1) is 6.61 Å². The van der Waals surface area contributed by atoms with Crippen LogP contribution in [0.2, 0.25) is 0 Å². The van der Waals surface area contributed by atoms with E-state index in [4.69, 9.17) is 16.1 Å². The SMILES string of the molecule is CCOOCNN(N)C(O)O. The van der Waals surface area contributed by atoms with Crippen molar-refractivity contribution in [3.63, 3.8) is 0 Å². The molecule has 0 bridgehead atoms. The van der Waals surface area contributed by atoms with Crippen LogP contribution >= 0.6 is 0 Å². The van der Waals surface area contributed by atoms with Gasteiger partial charge >= 0.3 is 0 Å². The number of nitrogens with zero attached hydrogens (tertiary/aromatic N) is 1. The first kappa shape index (κ1) is 10.7. The van der Waals surface area contributed by atoms with Crippen molar-refractivity contribution in [1.29, 1.82) is 0 Å². The third kappa shape index (κ3) is 6.13. The molecule has 5 N–H and O–H groups in total. The summed E-state index contributed by atoms with van der Waals surface area (Å²) in [6, 6.07) is 0. The first-order chi connectivity index (χ1) is 5.18. The maximum absolute atomic E-state index is 8.38. The lowest BCUT2D eigenvalue weighted by Gasteiger charge is -2.17. The molecule has 0 rings (SSSR count). The van der Waals surface area contributed by atoms with Crippen LogP contribution in [-0.2, 0) is 9.78 Å². The summed E-state index contributed by atoms with van der Waals surface area (Å²) in [5, 5.41) is 17.3. The van der Waals surface area contributed by atoms with Crippen LogP contribution in [-0.4, -0.2) is 35.1 Å². The summed E-state index contributed by atoms with van der Waals surface area (Å²) in [5.41, 5.74) is 2.28. The molecule has 0 aromatic carbocycles. The average Bonchev–Trinajstić information content (AvgIpc) is 1.97. The van der Waals surface area contributed by atoms with Crippen molar-refractivity contribution in [2.24, 2.45) is 5.84 Å². The maximum Gasteiger partial charge on any atom is 0.239 e. The number of hydrogen-bond donors (Lipinski definition) is 4. The van der Waals surface area contributed by atoms with Crippen LogP contribution in [0.4, 0.5) is 0 Å². The first-order valence-electron chi connectivity index (χ1n) is 3.06. The largest absolute Gasteiger partial charge is 0.354 e. The highest BCUT2D eigenvalue weighted by atomic mass is 17.2. The summed E-state index contributed by atoms with van der Waals surface area (Å²) in [5.74, 6) is 4.99. The number of hydrogen-bond acceptors (Lipinski definition) is 7. The van der Waals surface area contributed by atoms with Gasteiger partial charge in [-0.2, -0.15) is 0 Å². The molecule has 0 spiro atoms. The Labute approximate surface area is 64.2 Å². The number of aliphatic hydroxyl groups excluding tert-OH is 1. The lowest BCUT2D eigenvalue weighted by atomic mass is 10.9. The Morgan fingerprint density at radius 1 is 1.55 bits per heavy atom. The van der Waals surface area contributed by atoms with E-state index in [9.17, 15) is 0 Å². The van der Waals surface area contributed by atoms with Gasteiger partial charge in [-0.15, -0.1) is 5.12 Å². The highest BCUT2D eigenvalue weighted by Gasteiger charge is 2.04. The smallest absolute Gasteiger partial charge is 0.239 e. The molecular formula is C4H13N3O4. The van der Waals surface area contributed by atoms with E-state index in [-0.39, 0.29) is 6.73 Å². The summed E-state index contributed by atoms with van der Waals surface area (Å²) in [6.07, 6.45) is -1.76. The predicted molar refractivity (Wildman–Crippen MR) is 35.0 cm³/mol. The highest BCUT2D eigenvalue weighted by molar-refractivity contribution is 4.26. The zero-order valence-corrected chi connectivity index (χ0v) is 6.23. The van der Waals surface area contributed by atoms with E-state index >= 15 is 0 Å². The average molecular weight is 167 g/mol. The molecule has 68 valence electrons. The van der Waals surface area contributed by atoms with Crippen molar-refractivity contribution < 1.29 is 20.0 Å². The molecule has 0 unspecified atom stereocenters. The van der Waals surface area contributed by atoms with E-state index < -0.39 is 6.41 Å². The van der Waals surface area contributed by atoms with Crippen molar-refractivity contribution in [3.05, 3.63) is 0 Å². The molecule has 7 nitrogen and oxygen atoms in total. The molecule has 0 saturated carbocycles. The van der Waals surface area contributed by atoms with Gasteiger partial charge < -0.3 is 10.2 Å². The van der Waals surface area contributed by atoms with Crippen molar-refractivity contribution in [1.82, 2.24) is 10.5 Å². The van der Waals surface area contributed by atoms with Crippen molar-refractivity contribution >= 4 is 0 Å². The molecule has 0 radical (unpaired) electrons. The minimum Gasteiger partial charge on any atom is -0.354 e. The van der Waals surface area contributed by atoms with Crippen molar-refractivity contribution in [2.75, 3.05) is 13.3 Å². The molecule has 0 heterocycles. The summed E-state index contributed by atoms with van der Waals surface area (Å²) in [7, 11) is 0. The van der Waals surface area contributed by atoms with Gasteiger partial charge in [0.1, 0.15) is 6.73 Å². The number of nitrogens with one attached hydrogen (secondary N) is 1. The summed E-state index contributed by atoms with van der Waals surface area (Å²) in [4.78, 5) is 8.90. The topological polar surface area (TPSA) is 100 Å². The summed E-state index contributed by atoms with van der Waals surface area (Å²) >= 11 is 0. The Morgan fingerprint density at radius 3 is 2.64 bits per heavy atom. The molecule has 0 aliphatic heterocycles. The van der Waals surface area contributed by atoms with E-state index in [1.165, 1.54) is 0 Å². The number of aliphatic hydroxyl groups is 2. The molecule has 0 fully saturated rings. The fourth-order valence-electron chi connectivity index (χ4n) is 0.308. The summed E-state index contributed by atoms with van der Waals surface area (Å²) in [6.45, 7) is 2.11.